The Balaban J connectivity index is 3.26. The maximum absolute atomic E-state index is 13.0. The molecule has 1 atom stereocenters. The van der Waals surface area contributed by atoms with Crippen LogP contribution in [0.1, 0.15) is 69.2 Å². The molecule has 1 rings (SSSR count). The van der Waals surface area contributed by atoms with Crippen molar-refractivity contribution >= 4 is 17.8 Å². The van der Waals surface area contributed by atoms with Gasteiger partial charge in [0, 0.05) is 17.6 Å². The van der Waals surface area contributed by atoms with Crippen molar-refractivity contribution in [1.82, 2.24) is 10.2 Å². The number of nitrogens with zero attached hydrogens (tertiary/aromatic N) is 1. The first-order valence-electron chi connectivity index (χ1n) is 9.51. The number of amides is 2. The van der Waals surface area contributed by atoms with Crippen molar-refractivity contribution in [3.05, 3.63) is 29.3 Å². The predicted molar refractivity (Wildman–Crippen MR) is 108 cm³/mol. The second-order valence-corrected chi connectivity index (χ2v) is 7.50. The zero-order chi connectivity index (χ0) is 21.6. The summed E-state index contributed by atoms with van der Waals surface area (Å²) < 4.78 is 10.4. The lowest BCUT2D eigenvalue weighted by Gasteiger charge is -2.31. The highest BCUT2D eigenvalue weighted by Gasteiger charge is 2.25. The molecule has 0 saturated heterocycles. The fourth-order valence-corrected chi connectivity index (χ4v) is 2.92. The van der Waals surface area contributed by atoms with Gasteiger partial charge in [0.1, 0.15) is 11.8 Å². The Morgan fingerprint density at radius 3 is 2.00 bits per heavy atom. The van der Waals surface area contributed by atoms with Crippen molar-refractivity contribution in [2.75, 3.05) is 7.11 Å². The highest BCUT2D eigenvalue weighted by molar-refractivity contribution is 6.01. The van der Waals surface area contributed by atoms with Gasteiger partial charge in [-0.1, -0.05) is 0 Å². The average Bonchev–Trinajstić information content (AvgIpc) is 2.59. The summed E-state index contributed by atoms with van der Waals surface area (Å²) in [5.74, 6) is -0.857. The molecule has 0 aliphatic heterocycles. The topological polar surface area (TPSA) is 84.9 Å². The standard InChI is InChI=1S/C21H32N2O5/c1-12(2)23(13(3)4)20(25)16-9-10-17(18(11-16)28-14(5)6)19(24)22-15(7)21(26)27-8/h9-15H,1-8H3,(H,22,24)/t15-/m0/s1. The molecule has 1 aromatic carbocycles. The first-order valence-corrected chi connectivity index (χ1v) is 9.51. The van der Waals surface area contributed by atoms with Crippen LogP contribution in [0.2, 0.25) is 0 Å². The Morgan fingerprint density at radius 1 is 0.964 bits per heavy atom. The predicted octanol–water partition coefficient (Wildman–Crippen LogP) is 3.02. The molecule has 1 N–H and O–H groups in total. The van der Waals surface area contributed by atoms with Crippen LogP contribution in [-0.4, -0.2) is 54.0 Å². The molecular formula is C21H32N2O5. The molecule has 2 amide bonds. The Labute approximate surface area is 167 Å². The van der Waals surface area contributed by atoms with Gasteiger partial charge in [-0.05, 0) is 66.7 Å². The van der Waals surface area contributed by atoms with Crippen LogP contribution in [0.5, 0.6) is 5.75 Å². The minimum atomic E-state index is -0.803. The van der Waals surface area contributed by atoms with E-state index in [0.717, 1.165) is 0 Å². The van der Waals surface area contributed by atoms with Gasteiger partial charge in [-0.2, -0.15) is 0 Å². The lowest BCUT2D eigenvalue weighted by atomic mass is 10.1. The van der Waals surface area contributed by atoms with Gasteiger partial charge in [0.25, 0.3) is 11.8 Å². The van der Waals surface area contributed by atoms with Gasteiger partial charge in [-0.15, -0.1) is 0 Å². The second kappa shape index (κ2) is 10.1. The SMILES string of the molecule is COC(=O)[C@H](C)NC(=O)c1ccc(C(=O)N(C(C)C)C(C)C)cc1OC(C)C. The van der Waals surface area contributed by atoms with Crippen LogP contribution in [0.15, 0.2) is 18.2 Å². The van der Waals surface area contributed by atoms with Gasteiger partial charge < -0.3 is 19.7 Å². The molecular weight excluding hydrogens is 360 g/mol. The van der Waals surface area contributed by atoms with E-state index in [1.807, 2.05) is 41.5 Å². The van der Waals surface area contributed by atoms with Crippen molar-refractivity contribution in [3.8, 4) is 5.75 Å². The first-order chi connectivity index (χ1) is 13.0. The molecule has 7 heteroatoms. The third-order valence-electron chi connectivity index (χ3n) is 4.09. The number of methoxy groups -OCH3 is 1. The van der Waals surface area contributed by atoms with Crippen molar-refractivity contribution in [2.24, 2.45) is 0 Å². The quantitative estimate of drug-likeness (QED) is 0.688. The molecule has 0 heterocycles. The summed E-state index contributed by atoms with van der Waals surface area (Å²) in [7, 11) is 1.26. The molecule has 0 fully saturated rings. The normalized spacial score (nSPS) is 12.1. The Kier molecular flexibility index (Phi) is 8.47. The molecule has 7 nitrogen and oxygen atoms in total. The van der Waals surface area contributed by atoms with E-state index in [-0.39, 0.29) is 29.7 Å². The molecule has 0 aliphatic rings. The molecule has 0 saturated carbocycles. The maximum Gasteiger partial charge on any atom is 0.328 e. The highest BCUT2D eigenvalue weighted by atomic mass is 16.5. The lowest BCUT2D eigenvalue weighted by molar-refractivity contribution is -0.142. The minimum absolute atomic E-state index is 0.0332. The van der Waals surface area contributed by atoms with Crippen LogP contribution < -0.4 is 10.1 Å². The monoisotopic (exact) mass is 392 g/mol. The Hall–Kier alpha value is -2.57. The molecule has 1 aromatic rings. The fourth-order valence-electron chi connectivity index (χ4n) is 2.92. The van der Waals surface area contributed by atoms with Crippen molar-refractivity contribution in [3.63, 3.8) is 0 Å². The van der Waals surface area contributed by atoms with Gasteiger partial charge in [-0.25, -0.2) is 4.79 Å². The molecule has 0 spiro atoms. The van der Waals surface area contributed by atoms with Crippen molar-refractivity contribution < 1.29 is 23.9 Å². The van der Waals surface area contributed by atoms with E-state index in [1.54, 1.807) is 23.1 Å². The van der Waals surface area contributed by atoms with Gasteiger partial charge in [0.2, 0.25) is 0 Å². The Morgan fingerprint density at radius 2 is 1.54 bits per heavy atom. The maximum atomic E-state index is 13.0. The summed E-state index contributed by atoms with van der Waals surface area (Å²) in [5, 5.41) is 2.58. The number of benzene rings is 1. The minimum Gasteiger partial charge on any atom is -0.490 e. The fraction of sp³-hybridized carbons (Fsp3) is 0.571. The van der Waals surface area contributed by atoms with Crippen molar-refractivity contribution in [2.45, 2.75) is 72.7 Å². The van der Waals surface area contributed by atoms with E-state index in [9.17, 15) is 14.4 Å². The Bertz CT molecular complexity index is 705. The second-order valence-electron chi connectivity index (χ2n) is 7.50. The van der Waals surface area contributed by atoms with Crippen molar-refractivity contribution in [1.29, 1.82) is 0 Å². The summed E-state index contributed by atoms with van der Waals surface area (Å²) in [6.07, 6.45) is -0.193. The van der Waals surface area contributed by atoms with Crippen LogP contribution in [-0.2, 0) is 9.53 Å². The van der Waals surface area contributed by atoms with E-state index in [1.165, 1.54) is 14.0 Å². The molecule has 0 bridgehead atoms. The molecule has 156 valence electrons. The van der Waals surface area contributed by atoms with Gasteiger partial charge in [-0.3, -0.25) is 9.59 Å². The number of nitrogens with one attached hydrogen (secondary N) is 1. The van der Waals surface area contributed by atoms with Crippen LogP contribution in [0, 0.1) is 0 Å². The summed E-state index contributed by atoms with van der Waals surface area (Å²) in [4.78, 5) is 38.9. The third-order valence-corrected chi connectivity index (χ3v) is 4.09. The third kappa shape index (κ3) is 5.97. The zero-order valence-corrected chi connectivity index (χ0v) is 18.0. The first kappa shape index (κ1) is 23.5. The van der Waals surface area contributed by atoms with Crippen LogP contribution in [0.4, 0.5) is 0 Å². The number of hydrogen-bond donors (Lipinski definition) is 1. The summed E-state index contributed by atoms with van der Waals surface area (Å²) in [5.41, 5.74) is 0.692. The van der Waals surface area contributed by atoms with Crippen LogP contribution in [0.3, 0.4) is 0 Å². The van der Waals surface area contributed by atoms with Gasteiger partial charge >= 0.3 is 5.97 Å². The molecule has 0 unspecified atom stereocenters. The van der Waals surface area contributed by atoms with Crippen LogP contribution in [0.25, 0.3) is 0 Å². The molecule has 0 aromatic heterocycles. The van der Waals surface area contributed by atoms with Gasteiger partial charge in [0.15, 0.2) is 0 Å². The van der Waals surface area contributed by atoms with E-state index in [2.05, 4.69) is 10.1 Å². The number of esters is 1. The lowest BCUT2D eigenvalue weighted by Crippen LogP contribution is -2.42. The highest BCUT2D eigenvalue weighted by Crippen LogP contribution is 2.24. The smallest absolute Gasteiger partial charge is 0.328 e. The van der Waals surface area contributed by atoms with Crippen LogP contribution >= 0.6 is 0 Å². The van der Waals surface area contributed by atoms with E-state index in [0.29, 0.717) is 11.3 Å². The summed E-state index contributed by atoms with van der Waals surface area (Å²) >= 11 is 0. The molecule has 28 heavy (non-hydrogen) atoms. The summed E-state index contributed by atoms with van der Waals surface area (Å²) in [6.45, 7) is 13.0. The molecule has 0 radical (unpaired) electrons. The zero-order valence-electron chi connectivity index (χ0n) is 18.0. The number of ether oxygens (including phenoxy) is 2. The van der Waals surface area contributed by atoms with E-state index >= 15 is 0 Å². The molecule has 0 aliphatic carbocycles. The average molecular weight is 392 g/mol. The van der Waals surface area contributed by atoms with Gasteiger partial charge in [0.05, 0.1) is 18.8 Å². The van der Waals surface area contributed by atoms with E-state index in [4.69, 9.17) is 4.74 Å². The summed E-state index contributed by atoms with van der Waals surface area (Å²) in [6, 6.07) is 3.99. The largest absolute Gasteiger partial charge is 0.490 e. The number of carbonyl (C=O) groups excluding carboxylic acids is 3. The number of carbonyl (C=O) groups is 3. The number of rotatable bonds is 8. The number of hydrogen-bond acceptors (Lipinski definition) is 5. The van der Waals surface area contributed by atoms with E-state index < -0.39 is 17.9 Å².